The Morgan fingerprint density at radius 2 is 2.37 bits per heavy atom. The van der Waals surface area contributed by atoms with Crippen LogP contribution in [-0.2, 0) is 13.6 Å². The van der Waals surface area contributed by atoms with Crippen molar-refractivity contribution in [1.29, 1.82) is 0 Å². The fraction of sp³-hybridized carbons (Fsp3) is 0.417. The van der Waals surface area contributed by atoms with Gasteiger partial charge in [0.25, 0.3) is 5.91 Å². The van der Waals surface area contributed by atoms with Crippen molar-refractivity contribution in [2.75, 3.05) is 0 Å². The Balaban J connectivity index is 1.99. The Labute approximate surface area is 115 Å². The molecule has 2 heterocycles. The molecule has 2 rings (SSSR count). The van der Waals surface area contributed by atoms with Crippen molar-refractivity contribution in [3.63, 3.8) is 0 Å². The standard InChI is InChI=1S/C12H17N5OS/c1-7(13)12-15-10(6-19-12)11(18)14-4-9-5-17(3)16-8(9)2/h5-7H,4,13H2,1-3H3,(H,14,18). The van der Waals surface area contributed by atoms with Gasteiger partial charge in [0.05, 0.1) is 11.7 Å². The summed E-state index contributed by atoms with van der Waals surface area (Å²) in [6, 6.07) is -0.146. The van der Waals surface area contributed by atoms with Crippen molar-refractivity contribution < 1.29 is 4.79 Å². The molecule has 2 aromatic rings. The van der Waals surface area contributed by atoms with Crippen molar-refractivity contribution in [3.05, 3.63) is 33.5 Å². The molecule has 1 unspecified atom stereocenters. The molecule has 0 aromatic carbocycles. The molecule has 0 spiro atoms. The van der Waals surface area contributed by atoms with Crippen LogP contribution in [0.25, 0.3) is 0 Å². The van der Waals surface area contributed by atoms with Crippen LogP contribution in [0.4, 0.5) is 0 Å². The van der Waals surface area contributed by atoms with E-state index in [9.17, 15) is 4.79 Å². The van der Waals surface area contributed by atoms with E-state index in [0.29, 0.717) is 12.2 Å². The first-order chi connectivity index (χ1) is 8.97. The first kappa shape index (κ1) is 13.7. The summed E-state index contributed by atoms with van der Waals surface area (Å²) in [4.78, 5) is 16.1. The van der Waals surface area contributed by atoms with E-state index in [2.05, 4.69) is 15.4 Å². The van der Waals surface area contributed by atoms with Gasteiger partial charge >= 0.3 is 0 Å². The fourth-order valence-corrected chi connectivity index (χ4v) is 2.45. The van der Waals surface area contributed by atoms with E-state index in [1.54, 1.807) is 10.1 Å². The number of aryl methyl sites for hydroxylation is 2. The number of nitrogens with two attached hydrogens (primary N) is 1. The van der Waals surface area contributed by atoms with Crippen LogP contribution in [0.5, 0.6) is 0 Å². The summed E-state index contributed by atoms with van der Waals surface area (Å²) in [5.41, 5.74) is 8.05. The first-order valence-corrected chi connectivity index (χ1v) is 6.83. The van der Waals surface area contributed by atoms with E-state index < -0.39 is 0 Å². The number of rotatable bonds is 4. The number of carbonyl (C=O) groups is 1. The second-order valence-corrected chi connectivity index (χ2v) is 5.35. The summed E-state index contributed by atoms with van der Waals surface area (Å²) in [7, 11) is 1.85. The Hall–Kier alpha value is -1.73. The highest BCUT2D eigenvalue weighted by Crippen LogP contribution is 2.15. The van der Waals surface area contributed by atoms with Crippen LogP contribution in [0.3, 0.4) is 0 Å². The van der Waals surface area contributed by atoms with E-state index in [4.69, 9.17) is 5.73 Å². The van der Waals surface area contributed by atoms with Crippen LogP contribution in [0.1, 0.15) is 39.7 Å². The summed E-state index contributed by atoms with van der Waals surface area (Å²) in [6.07, 6.45) is 1.89. The molecular formula is C12H17N5OS. The number of hydrogen-bond donors (Lipinski definition) is 2. The zero-order chi connectivity index (χ0) is 14.0. The van der Waals surface area contributed by atoms with Crippen LogP contribution in [0.2, 0.25) is 0 Å². The van der Waals surface area contributed by atoms with Crippen LogP contribution in [-0.4, -0.2) is 20.7 Å². The molecule has 0 radical (unpaired) electrons. The van der Waals surface area contributed by atoms with Gasteiger partial charge in [-0.05, 0) is 13.8 Å². The third-order valence-electron chi connectivity index (χ3n) is 2.70. The highest BCUT2D eigenvalue weighted by molar-refractivity contribution is 7.09. The van der Waals surface area contributed by atoms with Gasteiger partial charge in [0.15, 0.2) is 0 Å². The maximum atomic E-state index is 11.9. The Bertz CT molecular complexity index is 587. The van der Waals surface area contributed by atoms with E-state index in [-0.39, 0.29) is 11.9 Å². The summed E-state index contributed by atoms with van der Waals surface area (Å²) >= 11 is 1.40. The molecule has 0 aliphatic carbocycles. The van der Waals surface area contributed by atoms with Crippen molar-refractivity contribution in [3.8, 4) is 0 Å². The van der Waals surface area contributed by atoms with Gasteiger partial charge < -0.3 is 11.1 Å². The number of hydrogen-bond acceptors (Lipinski definition) is 5. The lowest BCUT2D eigenvalue weighted by atomic mass is 10.2. The van der Waals surface area contributed by atoms with Crippen molar-refractivity contribution in [2.45, 2.75) is 26.4 Å². The number of amides is 1. The number of carbonyl (C=O) groups excluding carboxylic acids is 1. The highest BCUT2D eigenvalue weighted by Gasteiger charge is 2.13. The summed E-state index contributed by atoms with van der Waals surface area (Å²) in [5.74, 6) is -0.189. The lowest BCUT2D eigenvalue weighted by molar-refractivity contribution is 0.0946. The number of nitrogens with one attached hydrogen (secondary N) is 1. The lowest BCUT2D eigenvalue weighted by Gasteiger charge is -2.02. The van der Waals surface area contributed by atoms with E-state index in [0.717, 1.165) is 16.3 Å². The van der Waals surface area contributed by atoms with Gasteiger partial charge in [-0.15, -0.1) is 11.3 Å². The van der Waals surface area contributed by atoms with E-state index in [1.807, 2.05) is 27.1 Å². The van der Waals surface area contributed by atoms with Gasteiger partial charge in [-0.1, -0.05) is 0 Å². The van der Waals surface area contributed by atoms with Gasteiger partial charge in [0.1, 0.15) is 10.7 Å². The third kappa shape index (κ3) is 3.18. The highest BCUT2D eigenvalue weighted by atomic mass is 32.1. The number of nitrogens with zero attached hydrogens (tertiary/aromatic N) is 3. The molecule has 0 fully saturated rings. The normalized spacial score (nSPS) is 12.4. The molecule has 3 N–H and O–H groups in total. The molecule has 0 saturated heterocycles. The smallest absolute Gasteiger partial charge is 0.271 e. The van der Waals surface area contributed by atoms with Crippen LogP contribution < -0.4 is 11.1 Å². The first-order valence-electron chi connectivity index (χ1n) is 5.95. The zero-order valence-corrected chi connectivity index (χ0v) is 12.0. The van der Waals surface area contributed by atoms with Crippen molar-refractivity contribution in [1.82, 2.24) is 20.1 Å². The summed E-state index contributed by atoms with van der Waals surface area (Å²) < 4.78 is 1.73. The topological polar surface area (TPSA) is 85.8 Å². The van der Waals surface area contributed by atoms with Gasteiger partial charge in [0, 0.05) is 30.7 Å². The van der Waals surface area contributed by atoms with Gasteiger partial charge in [-0.2, -0.15) is 5.10 Å². The fourth-order valence-electron chi connectivity index (χ4n) is 1.69. The minimum Gasteiger partial charge on any atom is -0.346 e. The second kappa shape index (κ2) is 5.50. The van der Waals surface area contributed by atoms with Crippen molar-refractivity contribution in [2.24, 2.45) is 12.8 Å². The molecule has 6 nitrogen and oxygen atoms in total. The third-order valence-corrected chi connectivity index (χ3v) is 3.74. The summed E-state index contributed by atoms with van der Waals surface area (Å²) in [6.45, 7) is 4.21. The Morgan fingerprint density at radius 3 is 2.89 bits per heavy atom. The van der Waals surface area contributed by atoms with Crippen molar-refractivity contribution >= 4 is 17.2 Å². The monoisotopic (exact) mass is 279 g/mol. The molecule has 0 bridgehead atoms. The maximum absolute atomic E-state index is 11.9. The second-order valence-electron chi connectivity index (χ2n) is 4.46. The molecule has 1 amide bonds. The summed E-state index contributed by atoms with van der Waals surface area (Å²) in [5, 5.41) is 9.55. The molecule has 7 heteroatoms. The van der Waals surface area contributed by atoms with Gasteiger partial charge in [-0.3, -0.25) is 9.48 Å². The molecule has 0 saturated carbocycles. The van der Waals surface area contributed by atoms with Crippen LogP contribution >= 0.6 is 11.3 Å². The lowest BCUT2D eigenvalue weighted by Crippen LogP contribution is -2.23. The molecular weight excluding hydrogens is 262 g/mol. The molecule has 2 aromatic heterocycles. The average molecular weight is 279 g/mol. The van der Waals surface area contributed by atoms with Crippen LogP contribution in [0, 0.1) is 6.92 Å². The Kier molecular flexibility index (Phi) is 3.96. The predicted molar refractivity (Wildman–Crippen MR) is 73.8 cm³/mol. The number of thiazole rings is 1. The minimum absolute atomic E-state index is 0.146. The maximum Gasteiger partial charge on any atom is 0.271 e. The molecule has 0 aliphatic rings. The quantitative estimate of drug-likeness (QED) is 0.878. The van der Waals surface area contributed by atoms with Crippen LogP contribution in [0.15, 0.2) is 11.6 Å². The molecule has 1 atom stereocenters. The largest absolute Gasteiger partial charge is 0.346 e. The molecule has 102 valence electrons. The average Bonchev–Trinajstić information content (AvgIpc) is 2.93. The SMILES string of the molecule is Cc1nn(C)cc1CNC(=O)c1csc(C(C)N)n1. The predicted octanol–water partition coefficient (Wildman–Crippen LogP) is 1.13. The molecule has 19 heavy (non-hydrogen) atoms. The minimum atomic E-state index is -0.189. The zero-order valence-electron chi connectivity index (χ0n) is 11.2. The molecule has 0 aliphatic heterocycles. The van der Waals surface area contributed by atoms with E-state index >= 15 is 0 Å². The number of aromatic nitrogens is 3. The van der Waals surface area contributed by atoms with Gasteiger partial charge in [0.2, 0.25) is 0 Å². The van der Waals surface area contributed by atoms with Gasteiger partial charge in [-0.25, -0.2) is 4.98 Å². The Morgan fingerprint density at radius 1 is 1.63 bits per heavy atom. The van der Waals surface area contributed by atoms with E-state index in [1.165, 1.54) is 11.3 Å².